The molecule has 0 aliphatic heterocycles. The van der Waals surface area contributed by atoms with Crippen molar-refractivity contribution >= 4 is 49.4 Å². The van der Waals surface area contributed by atoms with Crippen LogP contribution in [0.25, 0.3) is 21.1 Å². The molecule has 4 aromatic carbocycles. The summed E-state index contributed by atoms with van der Waals surface area (Å²) in [7, 11) is 0. The molecule has 0 spiro atoms. The van der Waals surface area contributed by atoms with Crippen molar-refractivity contribution in [2.24, 2.45) is 0 Å². The molecule has 0 aliphatic carbocycles. The molecule has 198 valence electrons. The molecule has 6 aromatic rings. The van der Waals surface area contributed by atoms with Crippen LogP contribution < -0.4 is 10.6 Å². The molecule has 40 heavy (non-hydrogen) atoms. The normalized spacial score (nSPS) is 12.1. The van der Waals surface area contributed by atoms with Crippen molar-refractivity contribution in [2.75, 3.05) is 5.32 Å². The van der Waals surface area contributed by atoms with Crippen LogP contribution in [-0.2, 0) is 16.0 Å². The number of carbonyl (C=O) groups is 2. The van der Waals surface area contributed by atoms with Crippen LogP contribution in [0.4, 0.5) is 5.13 Å². The number of H-pyrrole nitrogens is 1. The Morgan fingerprint density at radius 1 is 0.850 bits per heavy atom. The number of nitrogens with zero attached hydrogens (tertiary/aromatic N) is 1. The second kappa shape index (κ2) is 11.2. The van der Waals surface area contributed by atoms with Crippen LogP contribution >= 0.6 is 11.3 Å². The van der Waals surface area contributed by atoms with Crippen LogP contribution in [0.1, 0.15) is 28.2 Å². The standard InChI is InChI=1S/C33H28N4O2S/c1-21-16-17-27-29(18-21)40-33(36-27)37-31(38)28(19-24-20-34-26-15-9-8-14-25(24)26)35-32(39)30(22-10-4-2-5-11-22)23-12-6-3-7-13-23/h2-18,20,28,30,34H,19H2,1H3,(H,35,39)(H,36,37,38). The maximum atomic E-state index is 14.0. The molecule has 0 saturated carbocycles. The zero-order chi connectivity index (χ0) is 27.5. The largest absolute Gasteiger partial charge is 0.361 e. The van der Waals surface area contributed by atoms with Gasteiger partial charge in [0.15, 0.2) is 5.13 Å². The fourth-order valence-electron chi connectivity index (χ4n) is 5.05. The SMILES string of the molecule is Cc1ccc2nc(NC(=O)C(Cc3c[nH]c4ccccc34)NC(=O)C(c3ccccc3)c3ccccc3)sc2c1. The Balaban J connectivity index is 1.33. The first-order valence-electron chi connectivity index (χ1n) is 13.2. The average molecular weight is 545 g/mol. The van der Waals surface area contributed by atoms with Crippen molar-refractivity contribution in [2.45, 2.75) is 25.3 Å². The summed E-state index contributed by atoms with van der Waals surface area (Å²) < 4.78 is 1.00. The summed E-state index contributed by atoms with van der Waals surface area (Å²) in [5.74, 6) is -1.11. The number of rotatable bonds is 8. The zero-order valence-electron chi connectivity index (χ0n) is 21.9. The number of hydrogen-bond donors (Lipinski definition) is 3. The van der Waals surface area contributed by atoms with Crippen molar-refractivity contribution in [3.05, 3.63) is 132 Å². The van der Waals surface area contributed by atoms with Crippen molar-refractivity contribution in [3.8, 4) is 0 Å². The van der Waals surface area contributed by atoms with Gasteiger partial charge in [0, 0.05) is 23.5 Å². The van der Waals surface area contributed by atoms with Crippen molar-refractivity contribution in [1.82, 2.24) is 15.3 Å². The van der Waals surface area contributed by atoms with Crippen LogP contribution in [-0.4, -0.2) is 27.8 Å². The number of aryl methyl sites for hydroxylation is 1. The van der Waals surface area contributed by atoms with Gasteiger partial charge in [0.25, 0.3) is 0 Å². The van der Waals surface area contributed by atoms with E-state index in [2.05, 4.69) is 26.7 Å². The van der Waals surface area contributed by atoms with Gasteiger partial charge in [-0.2, -0.15) is 0 Å². The quantitative estimate of drug-likeness (QED) is 0.202. The molecule has 6 rings (SSSR count). The molecule has 2 heterocycles. The Morgan fingerprint density at radius 3 is 2.25 bits per heavy atom. The lowest BCUT2D eigenvalue weighted by Gasteiger charge is -2.23. The Hall–Kier alpha value is -4.75. The molecule has 6 nitrogen and oxygen atoms in total. The summed E-state index contributed by atoms with van der Waals surface area (Å²) >= 11 is 1.42. The van der Waals surface area contributed by atoms with Crippen molar-refractivity contribution < 1.29 is 9.59 Å². The van der Waals surface area contributed by atoms with Gasteiger partial charge in [0.2, 0.25) is 11.8 Å². The van der Waals surface area contributed by atoms with E-state index in [1.54, 1.807) is 0 Å². The summed E-state index contributed by atoms with van der Waals surface area (Å²) in [6.45, 7) is 2.03. The summed E-state index contributed by atoms with van der Waals surface area (Å²) in [4.78, 5) is 35.6. The number of fused-ring (bicyclic) bond motifs is 2. The predicted molar refractivity (Wildman–Crippen MR) is 162 cm³/mol. The number of benzene rings is 4. The van der Waals surface area contributed by atoms with Gasteiger partial charge >= 0.3 is 0 Å². The van der Waals surface area contributed by atoms with Crippen LogP contribution in [0.3, 0.4) is 0 Å². The fourth-order valence-corrected chi connectivity index (χ4v) is 6.02. The van der Waals surface area contributed by atoms with E-state index in [4.69, 9.17) is 0 Å². The van der Waals surface area contributed by atoms with Gasteiger partial charge in [0.1, 0.15) is 6.04 Å². The Labute approximate surface area is 236 Å². The number of anilines is 1. The first-order valence-corrected chi connectivity index (χ1v) is 14.0. The fraction of sp³-hybridized carbons (Fsp3) is 0.121. The summed E-state index contributed by atoms with van der Waals surface area (Å²) in [5.41, 5.74) is 5.61. The Morgan fingerprint density at radius 2 is 1.52 bits per heavy atom. The summed E-state index contributed by atoms with van der Waals surface area (Å²) in [5, 5.41) is 7.60. The van der Waals surface area contributed by atoms with Crippen molar-refractivity contribution in [3.63, 3.8) is 0 Å². The third-order valence-corrected chi connectivity index (χ3v) is 7.97. The number of thiazole rings is 1. The smallest absolute Gasteiger partial charge is 0.249 e. The molecule has 3 N–H and O–H groups in total. The molecule has 2 aromatic heterocycles. The molecule has 2 amide bonds. The number of aromatic amines is 1. The minimum Gasteiger partial charge on any atom is -0.361 e. The second-order valence-corrected chi connectivity index (χ2v) is 10.9. The second-order valence-electron chi connectivity index (χ2n) is 9.86. The molecule has 0 aliphatic rings. The lowest BCUT2D eigenvalue weighted by Crippen LogP contribution is -2.47. The predicted octanol–water partition coefficient (Wildman–Crippen LogP) is 6.58. The Kier molecular flexibility index (Phi) is 7.12. The van der Waals surface area contributed by atoms with Gasteiger partial charge in [-0.25, -0.2) is 4.98 Å². The minimum absolute atomic E-state index is 0.239. The highest BCUT2D eigenvalue weighted by Crippen LogP contribution is 2.28. The number of amides is 2. The first-order chi connectivity index (χ1) is 19.5. The topological polar surface area (TPSA) is 86.9 Å². The van der Waals surface area contributed by atoms with Gasteiger partial charge in [-0.05, 0) is 47.4 Å². The lowest BCUT2D eigenvalue weighted by atomic mass is 9.90. The van der Waals surface area contributed by atoms with Gasteiger partial charge < -0.3 is 15.6 Å². The van der Waals surface area contributed by atoms with Gasteiger partial charge in [0.05, 0.1) is 16.1 Å². The highest BCUT2D eigenvalue weighted by atomic mass is 32.1. The number of para-hydroxylation sites is 1. The summed E-state index contributed by atoms with van der Waals surface area (Å²) in [6, 6.07) is 32.4. The van der Waals surface area contributed by atoms with Crippen LogP contribution in [0.5, 0.6) is 0 Å². The van der Waals surface area contributed by atoms with Crippen LogP contribution in [0, 0.1) is 6.92 Å². The van der Waals surface area contributed by atoms with Crippen LogP contribution in [0.2, 0.25) is 0 Å². The molecular formula is C33H28N4O2S. The van der Waals surface area contributed by atoms with E-state index in [1.165, 1.54) is 11.3 Å². The molecule has 1 unspecified atom stereocenters. The number of carbonyl (C=O) groups excluding carboxylic acids is 2. The molecular weight excluding hydrogens is 516 g/mol. The molecule has 0 radical (unpaired) electrons. The summed E-state index contributed by atoms with van der Waals surface area (Å²) in [6.07, 6.45) is 2.23. The number of hydrogen-bond acceptors (Lipinski definition) is 4. The monoisotopic (exact) mass is 544 g/mol. The van der Waals surface area contributed by atoms with E-state index in [-0.39, 0.29) is 11.8 Å². The van der Waals surface area contributed by atoms with E-state index in [1.807, 2.05) is 110 Å². The van der Waals surface area contributed by atoms with Crippen LogP contribution in [0.15, 0.2) is 109 Å². The third kappa shape index (κ3) is 5.37. The highest BCUT2D eigenvalue weighted by molar-refractivity contribution is 7.22. The van der Waals surface area contributed by atoms with E-state index in [9.17, 15) is 9.59 Å². The van der Waals surface area contributed by atoms with Crippen molar-refractivity contribution in [1.29, 1.82) is 0 Å². The van der Waals surface area contributed by atoms with E-state index in [0.717, 1.165) is 43.4 Å². The number of aromatic nitrogens is 2. The maximum absolute atomic E-state index is 14.0. The lowest BCUT2D eigenvalue weighted by molar-refractivity contribution is -0.126. The van der Waals surface area contributed by atoms with E-state index in [0.29, 0.717) is 11.6 Å². The van der Waals surface area contributed by atoms with Gasteiger partial charge in [-0.3, -0.25) is 9.59 Å². The zero-order valence-corrected chi connectivity index (χ0v) is 22.7. The molecule has 0 bridgehead atoms. The minimum atomic E-state index is -0.824. The molecule has 7 heteroatoms. The molecule has 1 atom stereocenters. The Bertz CT molecular complexity index is 1750. The van der Waals surface area contributed by atoms with Gasteiger partial charge in [-0.15, -0.1) is 0 Å². The van der Waals surface area contributed by atoms with E-state index >= 15 is 0 Å². The van der Waals surface area contributed by atoms with E-state index < -0.39 is 12.0 Å². The average Bonchev–Trinajstić information content (AvgIpc) is 3.57. The molecule has 0 fully saturated rings. The molecule has 0 saturated heterocycles. The van der Waals surface area contributed by atoms with Gasteiger partial charge in [-0.1, -0.05) is 96.3 Å². The first kappa shape index (κ1) is 25.5. The third-order valence-electron chi connectivity index (χ3n) is 7.03. The highest BCUT2D eigenvalue weighted by Gasteiger charge is 2.29. The number of nitrogens with one attached hydrogen (secondary N) is 3. The maximum Gasteiger partial charge on any atom is 0.249 e.